The van der Waals surface area contributed by atoms with Gasteiger partial charge in [0.1, 0.15) is 0 Å². The molecule has 44 heavy (non-hydrogen) atoms. The van der Waals surface area contributed by atoms with Gasteiger partial charge in [-0.1, -0.05) is 78.9 Å². The summed E-state index contributed by atoms with van der Waals surface area (Å²) in [5.41, 5.74) is 11.5. The normalized spacial score (nSPS) is 10.5. The minimum absolute atomic E-state index is 0. The first-order chi connectivity index (χ1) is 21.3. The van der Waals surface area contributed by atoms with Crippen LogP contribution < -0.4 is 4.90 Å². The van der Waals surface area contributed by atoms with Gasteiger partial charge in [-0.15, -0.1) is 35.4 Å². The van der Waals surface area contributed by atoms with E-state index in [4.69, 9.17) is 0 Å². The van der Waals surface area contributed by atoms with Crippen LogP contribution in [0.25, 0.3) is 44.5 Å². The van der Waals surface area contributed by atoms with Crippen molar-refractivity contribution >= 4 is 17.1 Å². The quantitative estimate of drug-likeness (QED) is 0.147. The summed E-state index contributed by atoms with van der Waals surface area (Å²) >= 11 is 0. The van der Waals surface area contributed by atoms with Crippen LogP contribution >= 0.6 is 0 Å². The van der Waals surface area contributed by atoms with Gasteiger partial charge < -0.3 is 4.90 Å². The van der Waals surface area contributed by atoms with Gasteiger partial charge in [0.05, 0.1) is 0 Å². The standard InChI is InChI=1S/C42H27N.Pt/c1-4-14-32(15-5-1)34-18-10-20-36(28-34)38-22-12-26-41(30-38)43(40-24-8-3-9-25-40)42-27-13-23-39(31-42)37-21-11-19-35(29-37)33-16-6-2-7-17-33;/h1-19,22-29H;/q-4;+4. The van der Waals surface area contributed by atoms with Crippen LogP contribution in [0.15, 0.2) is 164 Å². The zero-order chi connectivity index (χ0) is 28.8. The maximum Gasteiger partial charge on any atom is 4.00 e. The molecule has 0 saturated heterocycles. The zero-order valence-electron chi connectivity index (χ0n) is 23.9. The van der Waals surface area contributed by atoms with Crippen molar-refractivity contribution in [2.75, 3.05) is 4.90 Å². The van der Waals surface area contributed by atoms with E-state index in [9.17, 15) is 0 Å². The van der Waals surface area contributed by atoms with Crippen LogP contribution in [-0.2, 0) is 21.1 Å². The van der Waals surface area contributed by atoms with Crippen molar-refractivity contribution in [3.05, 3.63) is 188 Å². The van der Waals surface area contributed by atoms with Crippen molar-refractivity contribution in [2.45, 2.75) is 0 Å². The third-order valence-electron chi connectivity index (χ3n) is 7.45. The molecule has 1 nitrogen and oxygen atoms in total. The van der Waals surface area contributed by atoms with Gasteiger partial charge >= 0.3 is 21.1 Å². The summed E-state index contributed by atoms with van der Waals surface area (Å²) in [6, 6.07) is 70.6. The molecular formula is C42H27NPt. The first-order valence-corrected chi connectivity index (χ1v) is 14.4. The van der Waals surface area contributed by atoms with Crippen LogP contribution in [0.2, 0.25) is 0 Å². The molecule has 0 fully saturated rings. The summed E-state index contributed by atoms with van der Waals surface area (Å²) in [7, 11) is 0. The topological polar surface area (TPSA) is 3.24 Å². The van der Waals surface area contributed by atoms with Crippen molar-refractivity contribution in [3.8, 4) is 44.5 Å². The molecule has 210 valence electrons. The molecule has 0 aliphatic heterocycles. The van der Waals surface area contributed by atoms with Crippen molar-refractivity contribution in [2.24, 2.45) is 0 Å². The molecule has 0 aliphatic carbocycles. The van der Waals surface area contributed by atoms with E-state index >= 15 is 0 Å². The second-order valence-corrected chi connectivity index (χ2v) is 10.3. The number of hydrogen-bond donors (Lipinski definition) is 0. The minimum Gasteiger partial charge on any atom is -0.348 e. The fourth-order valence-corrected chi connectivity index (χ4v) is 5.34. The Hall–Kier alpha value is -4.97. The van der Waals surface area contributed by atoms with E-state index in [1.165, 1.54) is 11.1 Å². The monoisotopic (exact) mass is 740 g/mol. The second-order valence-electron chi connectivity index (χ2n) is 10.3. The van der Waals surface area contributed by atoms with Gasteiger partial charge in [-0.3, -0.25) is 0 Å². The summed E-state index contributed by atoms with van der Waals surface area (Å²) < 4.78 is 0. The third kappa shape index (κ3) is 6.35. The van der Waals surface area contributed by atoms with Crippen LogP contribution in [-0.4, -0.2) is 0 Å². The molecule has 7 aromatic carbocycles. The molecule has 0 radical (unpaired) electrons. The molecule has 0 spiro atoms. The van der Waals surface area contributed by atoms with Crippen molar-refractivity contribution < 1.29 is 21.1 Å². The molecule has 0 amide bonds. The van der Waals surface area contributed by atoms with E-state index in [2.05, 4.69) is 163 Å². The number of rotatable bonds is 7. The van der Waals surface area contributed by atoms with Gasteiger partial charge in [0.15, 0.2) is 0 Å². The van der Waals surface area contributed by atoms with Crippen LogP contribution in [0, 0.1) is 24.3 Å². The average molecular weight is 741 g/mol. The Morgan fingerprint density at radius 1 is 0.364 bits per heavy atom. The van der Waals surface area contributed by atoms with E-state index in [0.717, 1.165) is 50.4 Å². The van der Waals surface area contributed by atoms with Crippen LogP contribution in [0.1, 0.15) is 0 Å². The smallest absolute Gasteiger partial charge is 0.348 e. The fourth-order valence-electron chi connectivity index (χ4n) is 5.34. The summed E-state index contributed by atoms with van der Waals surface area (Å²) in [4.78, 5) is 2.20. The maximum atomic E-state index is 3.69. The number of benzene rings is 7. The number of anilines is 3. The largest absolute Gasteiger partial charge is 4.00 e. The molecular weight excluding hydrogens is 714 g/mol. The van der Waals surface area contributed by atoms with Gasteiger partial charge in [-0.25, -0.2) is 22.3 Å². The molecule has 7 rings (SSSR count). The summed E-state index contributed by atoms with van der Waals surface area (Å²) in [5, 5.41) is 0. The molecule has 0 aliphatic rings. The average Bonchev–Trinajstić information content (AvgIpc) is 3.10. The maximum absolute atomic E-state index is 3.69. The molecule has 0 aromatic heterocycles. The van der Waals surface area contributed by atoms with E-state index in [-0.39, 0.29) is 21.1 Å². The Labute approximate surface area is 274 Å². The fraction of sp³-hybridized carbons (Fsp3) is 0. The number of hydrogen-bond acceptors (Lipinski definition) is 1. The molecule has 0 heterocycles. The molecule has 0 unspecified atom stereocenters. The van der Waals surface area contributed by atoms with E-state index < -0.39 is 0 Å². The summed E-state index contributed by atoms with van der Waals surface area (Å²) in [6.07, 6.45) is 0. The van der Waals surface area contributed by atoms with Crippen LogP contribution in [0.3, 0.4) is 0 Å². The van der Waals surface area contributed by atoms with Crippen molar-refractivity contribution in [1.29, 1.82) is 0 Å². The Kier molecular flexibility index (Phi) is 8.97. The first kappa shape index (κ1) is 29.1. The summed E-state index contributed by atoms with van der Waals surface area (Å²) in [5.74, 6) is 0. The van der Waals surface area contributed by atoms with E-state index in [1.807, 2.05) is 30.3 Å². The van der Waals surface area contributed by atoms with E-state index in [0.29, 0.717) is 0 Å². The Morgan fingerprint density at radius 2 is 0.795 bits per heavy atom. The molecule has 0 N–H and O–H groups in total. The van der Waals surface area contributed by atoms with Crippen molar-refractivity contribution in [1.82, 2.24) is 0 Å². The van der Waals surface area contributed by atoms with Gasteiger partial charge in [0, 0.05) is 5.69 Å². The first-order valence-electron chi connectivity index (χ1n) is 14.4. The molecule has 0 bridgehead atoms. The Bertz CT molecular complexity index is 1840. The zero-order valence-corrected chi connectivity index (χ0v) is 26.1. The van der Waals surface area contributed by atoms with Gasteiger partial charge in [-0.2, -0.15) is 72.8 Å². The van der Waals surface area contributed by atoms with E-state index in [1.54, 1.807) is 0 Å². The minimum atomic E-state index is 0. The van der Waals surface area contributed by atoms with Gasteiger partial charge in [-0.05, 0) is 34.6 Å². The molecule has 2 heteroatoms. The SMILES string of the molecule is [Pt+4].[c-]1ccc(-c2ccccc2)cc1-c1[c-]c(N(c2[c-]c(-c3[c-]ccc(-c4ccccc4)c3)ccc2)c2ccccc2)ccc1. The molecule has 0 atom stereocenters. The Morgan fingerprint density at radius 3 is 1.25 bits per heavy atom. The second kappa shape index (κ2) is 13.6. The van der Waals surface area contributed by atoms with Crippen LogP contribution in [0.5, 0.6) is 0 Å². The summed E-state index contributed by atoms with van der Waals surface area (Å²) in [6.45, 7) is 0. The predicted molar refractivity (Wildman–Crippen MR) is 178 cm³/mol. The number of para-hydroxylation sites is 1. The predicted octanol–water partition coefficient (Wildman–Crippen LogP) is 11.0. The molecule has 7 aromatic rings. The van der Waals surface area contributed by atoms with Gasteiger partial charge in [0.25, 0.3) is 0 Å². The van der Waals surface area contributed by atoms with Crippen molar-refractivity contribution in [3.63, 3.8) is 0 Å². The third-order valence-corrected chi connectivity index (χ3v) is 7.45. The van der Waals surface area contributed by atoms with Gasteiger partial charge in [0.2, 0.25) is 0 Å². The Balaban J connectivity index is 0.00000343. The number of nitrogens with zero attached hydrogens (tertiary/aromatic N) is 1. The van der Waals surface area contributed by atoms with Crippen LogP contribution in [0.4, 0.5) is 17.1 Å². The molecule has 0 saturated carbocycles.